The van der Waals surface area contributed by atoms with Gasteiger partial charge in [-0.05, 0) is 37.0 Å². The second-order valence-electron chi connectivity index (χ2n) is 7.06. The van der Waals surface area contributed by atoms with E-state index >= 15 is 0 Å². The second-order valence-corrected chi connectivity index (χ2v) is 7.06. The van der Waals surface area contributed by atoms with E-state index in [1.54, 1.807) is 18.3 Å². The van der Waals surface area contributed by atoms with Crippen LogP contribution in [0.2, 0.25) is 0 Å². The number of fused-ring (bicyclic) bond motifs is 2. The fraction of sp³-hybridized carbons (Fsp3) is 0.333. The number of carbonyl (C=O) groups is 3. The van der Waals surface area contributed by atoms with E-state index in [2.05, 4.69) is 15.6 Å². The average molecular weight is 394 g/mol. The highest BCUT2D eigenvalue weighted by molar-refractivity contribution is 6.09. The number of aryl methyl sites for hydroxylation is 1. The third kappa shape index (κ3) is 3.30. The lowest BCUT2D eigenvalue weighted by Gasteiger charge is -2.22. The van der Waals surface area contributed by atoms with E-state index in [1.165, 1.54) is 0 Å². The van der Waals surface area contributed by atoms with Crippen molar-refractivity contribution in [3.63, 3.8) is 0 Å². The maximum Gasteiger partial charge on any atom is 0.325 e. The van der Waals surface area contributed by atoms with Crippen LogP contribution >= 0.6 is 0 Å². The molecule has 29 heavy (non-hydrogen) atoms. The van der Waals surface area contributed by atoms with Crippen LogP contribution in [0.1, 0.15) is 30.0 Å². The molecule has 1 aromatic carbocycles. The molecule has 150 valence electrons. The number of pyridine rings is 1. The normalized spacial score (nSPS) is 20.0. The molecule has 1 aliphatic carbocycles. The lowest BCUT2D eigenvalue weighted by atomic mass is 9.92. The van der Waals surface area contributed by atoms with Crippen LogP contribution in [-0.4, -0.2) is 40.9 Å². The van der Waals surface area contributed by atoms with E-state index < -0.39 is 17.5 Å². The molecule has 8 nitrogen and oxygen atoms in total. The lowest BCUT2D eigenvalue weighted by Crippen LogP contribution is -2.43. The Kier molecular flexibility index (Phi) is 4.92. The summed E-state index contributed by atoms with van der Waals surface area (Å²) in [6, 6.07) is 10.6. The summed E-state index contributed by atoms with van der Waals surface area (Å²) in [7, 11) is 0. The first kappa shape index (κ1) is 18.9. The summed E-state index contributed by atoms with van der Waals surface area (Å²) >= 11 is 0. The van der Waals surface area contributed by atoms with Gasteiger partial charge in [0.15, 0.2) is 0 Å². The van der Waals surface area contributed by atoms with E-state index in [0.717, 1.165) is 21.6 Å². The SMILES string of the molecule is CCOc1ncccc1CNC(=O)CN1C(=O)NC2(CCc3ccccc32)C1=O. The molecule has 2 aliphatic rings. The predicted molar refractivity (Wildman–Crippen MR) is 104 cm³/mol. The highest BCUT2D eigenvalue weighted by atomic mass is 16.5. The van der Waals surface area contributed by atoms with Crippen LogP contribution < -0.4 is 15.4 Å². The van der Waals surface area contributed by atoms with Crippen LogP contribution in [0.5, 0.6) is 5.88 Å². The first-order valence-electron chi connectivity index (χ1n) is 9.61. The minimum absolute atomic E-state index is 0.194. The van der Waals surface area contributed by atoms with Crippen LogP contribution in [-0.2, 0) is 28.1 Å². The van der Waals surface area contributed by atoms with Gasteiger partial charge in [-0.15, -0.1) is 0 Å². The third-order valence-electron chi connectivity index (χ3n) is 5.33. The van der Waals surface area contributed by atoms with Gasteiger partial charge in [-0.3, -0.25) is 14.5 Å². The van der Waals surface area contributed by atoms with Crippen molar-refractivity contribution >= 4 is 17.8 Å². The zero-order valence-corrected chi connectivity index (χ0v) is 16.1. The Bertz CT molecular complexity index is 977. The van der Waals surface area contributed by atoms with Crippen LogP contribution in [0.3, 0.4) is 0 Å². The highest BCUT2D eigenvalue weighted by Gasteiger charge is 2.55. The Balaban J connectivity index is 1.43. The average Bonchev–Trinajstić information content (AvgIpc) is 3.21. The van der Waals surface area contributed by atoms with Crippen LogP contribution in [0, 0.1) is 0 Å². The standard InChI is InChI=1S/C21H22N4O4/c1-2-29-18-15(7-5-11-22-18)12-23-17(26)13-25-19(27)21(24-20(25)28)10-9-14-6-3-4-8-16(14)21/h3-8,11H,2,9-10,12-13H2,1H3,(H,23,26)(H,24,28). The maximum absolute atomic E-state index is 13.1. The number of carbonyl (C=O) groups excluding carboxylic acids is 3. The van der Waals surface area contributed by atoms with Gasteiger partial charge in [0, 0.05) is 18.3 Å². The van der Waals surface area contributed by atoms with E-state index in [4.69, 9.17) is 4.74 Å². The number of nitrogens with zero attached hydrogens (tertiary/aromatic N) is 2. The number of imide groups is 1. The lowest BCUT2D eigenvalue weighted by molar-refractivity contribution is -0.135. The Morgan fingerprint density at radius 1 is 1.28 bits per heavy atom. The van der Waals surface area contributed by atoms with Gasteiger partial charge in [0.2, 0.25) is 11.8 Å². The van der Waals surface area contributed by atoms with Crippen molar-refractivity contribution in [3.8, 4) is 5.88 Å². The number of hydrogen-bond donors (Lipinski definition) is 2. The molecule has 4 amide bonds. The van der Waals surface area contributed by atoms with Crippen molar-refractivity contribution in [1.29, 1.82) is 0 Å². The number of urea groups is 1. The van der Waals surface area contributed by atoms with E-state index in [9.17, 15) is 14.4 Å². The molecule has 8 heteroatoms. The first-order chi connectivity index (χ1) is 14.0. The fourth-order valence-electron chi connectivity index (χ4n) is 3.95. The molecule has 4 rings (SSSR count). The van der Waals surface area contributed by atoms with E-state index in [-0.39, 0.29) is 19.0 Å². The van der Waals surface area contributed by atoms with Gasteiger partial charge in [-0.1, -0.05) is 30.3 Å². The molecule has 0 saturated carbocycles. The molecule has 1 unspecified atom stereocenters. The second kappa shape index (κ2) is 7.54. The Morgan fingerprint density at radius 2 is 2.10 bits per heavy atom. The van der Waals surface area contributed by atoms with Crippen molar-refractivity contribution < 1.29 is 19.1 Å². The molecular weight excluding hydrogens is 372 g/mol. The van der Waals surface area contributed by atoms with Gasteiger partial charge in [0.1, 0.15) is 12.1 Å². The molecule has 2 aromatic rings. The molecular formula is C21H22N4O4. The van der Waals surface area contributed by atoms with Crippen molar-refractivity contribution in [3.05, 3.63) is 59.3 Å². The van der Waals surface area contributed by atoms with Gasteiger partial charge >= 0.3 is 6.03 Å². The number of benzene rings is 1. The Labute approximate surface area is 168 Å². The first-order valence-corrected chi connectivity index (χ1v) is 9.61. The summed E-state index contributed by atoms with van der Waals surface area (Å²) < 4.78 is 5.44. The van der Waals surface area contributed by atoms with Crippen molar-refractivity contribution in [1.82, 2.24) is 20.5 Å². The van der Waals surface area contributed by atoms with Gasteiger partial charge < -0.3 is 15.4 Å². The summed E-state index contributed by atoms with van der Waals surface area (Å²) in [5, 5.41) is 5.55. The zero-order chi connectivity index (χ0) is 20.4. The number of ether oxygens (including phenoxy) is 1. The summed E-state index contributed by atoms with van der Waals surface area (Å²) in [5.41, 5.74) is 1.53. The molecule has 1 aliphatic heterocycles. The molecule has 2 heterocycles. The van der Waals surface area contributed by atoms with Gasteiger partial charge in [0.05, 0.1) is 6.61 Å². The van der Waals surface area contributed by atoms with Crippen molar-refractivity contribution in [2.45, 2.75) is 31.8 Å². The fourth-order valence-corrected chi connectivity index (χ4v) is 3.95. The largest absolute Gasteiger partial charge is 0.478 e. The number of amides is 4. The van der Waals surface area contributed by atoms with Crippen molar-refractivity contribution in [2.24, 2.45) is 0 Å². The quantitative estimate of drug-likeness (QED) is 0.723. The molecule has 1 fully saturated rings. The molecule has 1 aromatic heterocycles. The molecule has 0 radical (unpaired) electrons. The van der Waals surface area contributed by atoms with Crippen LogP contribution in [0.4, 0.5) is 4.79 Å². The smallest absolute Gasteiger partial charge is 0.325 e. The Hall–Kier alpha value is -3.42. The molecule has 1 saturated heterocycles. The molecule has 0 bridgehead atoms. The van der Waals surface area contributed by atoms with E-state index in [1.807, 2.05) is 31.2 Å². The predicted octanol–water partition coefficient (Wildman–Crippen LogP) is 1.49. The summed E-state index contributed by atoms with van der Waals surface area (Å²) in [6.07, 6.45) is 2.83. The minimum atomic E-state index is -1.06. The minimum Gasteiger partial charge on any atom is -0.478 e. The summed E-state index contributed by atoms with van der Waals surface area (Å²) in [4.78, 5) is 43.1. The number of nitrogens with one attached hydrogen (secondary N) is 2. The topological polar surface area (TPSA) is 101 Å². The summed E-state index contributed by atoms with van der Waals surface area (Å²) in [6.45, 7) is 2.17. The van der Waals surface area contributed by atoms with Gasteiger partial charge in [-0.25, -0.2) is 9.78 Å². The Morgan fingerprint density at radius 3 is 2.93 bits per heavy atom. The maximum atomic E-state index is 13.1. The number of rotatable bonds is 6. The van der Waals surface area contributed by atoms with Crippen LogP contribution in [0.15, 0.2) is 42.6 Å². The van der Waals surface area contributed by atoms with Gasteiger partial charge in [-0.2, -0.15) is 0 Å². The van der Waals surface area contributed by atoms with Crippen molar-refractivity contribution in [2.75, 3.05) is 13.2 Å². The highest BCUT2D eigenvalue weighted by Crippen LogP contribution is 2.41. The zero-order valence-electron chi connectivity index (χ0n) is 16.1. The molecule has 1 spiro atoms. The van der Waals surface area contributed by atoms with Gasteiger partial charge in [0.25, 0.3) is 5.91 Å². The summed E-state index contributed by atoms with van der Waals surface area (Å²) in [5.74, 6) is -0.353. The monoisotopic (exact) mass is 394 g/mol. The van der Waals surface area contributed by atoms with E-state index in [0.29, 0.717) is 25.3 Å². The number of hydrogen-bond acceptors (Lipinski definition) is 5. The molecule has 2 N–H and O–H groups in total. The van der Waals surface area contributed by atoms with Crippen LogP contribution in [0.25, 0.3) is 0 Å². The third-order valence-corrected chi connectivity index (χ3v) is 5.33. The molecule has 1 atom stereocenters. The number of aromatic nitrogens is 1.